The van der Waals surface area contributed by atoms with Gasteiger partial charge in [0.2, 0.25) is 0 Å². The van der Waals surface area contributed by atoms with Gasteiger partial charge in [-0.05, 0) is 69.2 Å². The highest BCUT2D eigenvalue weighted by atomic mass is 32.2. The van der Waals surface area contributed by atoms with Gasteiger partial charge in [0.05, 0.1) is 25.7 Å². The van der Waals surface area contributed by atoms with Gasteiger partial charge in [-0.15, -0.1) is 10.2 Å². The Labute approximate surface area is 196 Å². The molecule has 1 aromatic carbocycles. The molecule has 0 bridgehead atoms. The SMILES string of the molecule is COc1ccc(-c2nnc(SCC(=O)c3cc(C)n(C4CC4)c3C)n2Cc2ccco2)cc1. The van der Waals surface area contributed by atoms with Crippen LogP contribution in [0.1, 0.15) is 46.4 Å². The summed E-state index contributed by atoms with van der Waals surface area (Å²) in [5.74, 6) is 2.70. The number of rotatable bonds is 9. The maximum Gasteiger partial charge on any atom is 0.192 e. The van der Waals surface area contributed by atoms with Crippen molar-refractivity contribution < 1.29 is 13.9 Å². The molecule has 170 valence electrons. The standard InChI is InChI=1S/C25H26N4O3S/c1-16-13-22(17(2)29(16)19-8-9-19)23(30)15-33-25-27-26-24(18-6-10-20(31-3)11-7-18)28(25)14-21-5-4-12-32-21/h4-7,10-13,19H,8-9,14-15H2,1-3H3. The van der Waals surface area contributed by atoms with Crippen molar-refractivity contribution in [2.45, 2.75) is 44.4 Å². The topological polar surface area (TPSA) is 75.1 Å². The number of ketones is 1. The van der Waals surface area contributed by atoms with Crippen LogP contribution in [-0.2, 0) is 6.54 Å². The summed E-state index contributed by atoms with van der Waals surface area (Å²) in [5.41, 5.74) is 3.95. The van der Waals surface area contributed by atoms with Crippen LogP contribution < -0.4 is 4.74 Å². The molecule has 0 radical (unpaired) electrons. The molecule has 0 saturated heterocycles. The van der Waals surface area contributed by atoms with Crippen LogP contribution in [0.3, 0.4) is 0 Å². The fourth-order valence-electron chi connectivity index (χ4n) is 4.21. The van der Waals surface area contributed by atoms with E-state index >= 15 is 0 Å². The third-order valence-corrected chi connectivity index (χ3v) is 6.96. The van der Waals surface area contributed by atoms with Crippen molar-refractivity contribution in [3.63, 3.8) is 0 Å². The van der Waals surface area contributed by atoms with E-state index in [1.165, 1.54) is 24.6 Å². The number of nitrogens with zero attached hydrogens (tertiary/aromatic N) is 4. The lowest BCUT2D eigenvalue weighted by atomic mass is 10.2. The Morgan fingerprint density at radius 1 is 1.18 bits per heavy atom. The predicted octanol–water partition coefficient (Wildman–Crippen LogP) is 5.32. The van der Waals surface area contributed by atoms with E-state index in [2.05, 4.69) is 21.7 Å². The lowest BCUT2D eigenvalue weighted by molar-refractivity contribution is 0.102. The first-order valence-electron chi connectivity index (χ1n) is 11.0. The molecule has 0 unspecified atom stereocenters. The van der Waals surface area contributed by atoms with Gasteiger partial charge in [-0.3, -0.25) is 9.36 Å². The zero-order valence-electron chi connectivity index (χ0n) is 18.9. The first-order valence-corrected chi connectivity index (χ1v) is 12.0. The number of furan rings is 1. The molecule has 4 aromatic rings. The number of ether oxygens (including phenoxy) is 1. The van der Waals surface area contributed by atoms with Gasteiger partial charge >= 0.3 is 0 Å². The number of hydrogen-bond acceptors (Lipinski definition) is 6. The summed E-state index contributed by atoms with van der Waals surface area (Å²) in [7, 11) is 1.64. The van der Waals surface area contributed by atoms with Crippen molar-refractivity contribution in [1.82, 2.24) is 19.3 Å². The number of carbonyl (C=O) groups excluding carboxylic acids is 1. The molecule has 0 aliphatic heterocycles. The zero-order chi connectivity index (χ0) is 22.9. The number of hydrogen-bond donors (Lipinski definition) is 0. The molecule has 1 saturated carbocycles. The van der Waals surface area contributed by atoms with Gasteiger partial charge in [0.15, 0.2) is 16.8 Å². The Hall–Kier alpha value is -3.26. The van der Waals surface area contributed by atoms with E-state index in [1.54, 1.807) is 13.4 Å². The van der Waals surface area contributed by atoms with Crippen molar-refractivity contribution in [3.8, 4) is 17.1 Å². The molecule has 0 N–H and O–H groups in total. The fraction of sp³-hybridized carbons (Fsp3) is 0.320. The number of aryl methyl sites for hydroxylation is 1. The minimum absolute atomic E-state index is 0.110. The minimum Gasteiger partial charge on any atom is -0.497 e. The Bertz CT molecular complexity index is 1270. The number of thioether (sulfide) groups is 1. The zero-order valence-corrected chi connectivity index (χ0v) is 19.8. The summed E-state index contributed by atoms with van der Waals surface area (Å²) < 4.78 is 15.1. The summed E-state index contributed by atoms with van der Waals surface area (Å²) in [6.07, 6.45) is 4.05. The molecule has 0 amide bonds. The number of Topliss-reactive ketones (excluding diaryl/α,β-unsaturated/α-hetero) is 1. The summed E-state index contributed by atoms with van der Waals surface area (Å²) >= 11 is 1.41. The van der Waals surface area contributed by atoms with Crippen LogP contribution in [0.5, 0.6) is 5.75 Å². The van der Waals surface area contributed by atoms with Gasteiger partial charge in [-0.2, -0.15) is 0 Å². The molecule has 3 heterocycles. The second kappa shape index (κ2) is 8.94. The molecule has 8 heteroatoms. The van der Waals surface area contributed by atoms with E-state index in [0.717, 1.165) is 39.8 Å². The lowest BCUT2D eigenvalue weighted by Gasteiger charge is -2.10. The largest absolute Gasteiger partial charge is 0.497 e. The molecule has 1 aliphatic carbocycles. The fourth-order valence-corrected chi connectivity index (χ4v) is 5.03. The summed E-state index contributed by atoms with van der Waals surface area (Å²) in [5, 5.41) is 9.53. The molecule has 1 fully saturated rings. The average molecular weight is 463 g/mol. The average Bonchev–Trinajstić information content (AvgIpc) is 3.23. The number of methoxy groups -OCH3 is 1. The molecule has 33 heavy (non-hydrogen) atoms. The highest BCUT2D eigenvalue weighted by Gasteiger charge is 2.28. The summed E-state index contributed by atoms with van der Waals surface area (Å²) in [4.78, 5) is 13.1. The Morgan fingerprint density at radius 3 is 2.64 bits per heavy atom. The first-order chi connectivity index (χ1) is 16.0. The van der Waals surface area contributed by atoms with Crippen LogP contribution >= 0.6 is 11.8 Å². The number of benzene rings is 1. The lowest BCUT2D eigenvalue weighted by Crippen LogP contribution is -2.08. The van der Waals surface area contributed by atoms with Gasteiger partial charge in [-0.1, -0.05) is 11.8 Å². The number of carbonyl (C=O) groups is 1. The van der Waals surface area contributed by atoms with Crippen LogP contribution in [0.2, 0.25) is 0 Å². The minimum atomic E-state index is 0.110. The molecule has 3 aromatic heterocycles. The maximum atomic E-state index is 13.1. The molecular formula is C25H26N4O3S. The third kappa shape index (κ3) is 4.35. The molecular weight excluding hydrogens is 436 g/mol. The Kier molecular flexibility index (Phi) is 5.85. The molecule has 0 atom stereocenters. The van der Waals surface area contributed by atoms with E-state index in [-0.39, 0.29) is 5.78 Å². The van der Waals surface area contributed by atoms with E-state index in [1.807, 2.05) is 54.0 Å². The predicted molar refractivity (Wildman–Crippen MR) is 127 cm³/mol. The highest BCUT2D eigenvalue weighted by Crippen LogP contribution is 2.38. The van der Waals surface area contributed by atoms with Crippen LogP contribution in [0, 0.1) is 13.8 Å². The monoisotopic (exact) mass is 462 g/mol. The summed E-state index contributed by atoms with van der Waals surface area (Å²) in [6.45, 7) is 4.61. The molecule has 7 nitrogen and oxygen atoms in total. The Balaban J connectivity index is 1.40. The van der Waals surface area contributed by atoms with Crippen LogP contribution in [0.15, 0.2) is 58.3 Å². The third-order valence-electron chi connectivity index (χ3n) is 5.99. The van der Waals surface area contributed by atoms with Gasteiger partial charge in [0, 0.05) is 28.6 Å². The molecule has 0 spiro atoms. The first kappa shape index (κ1) is 21.6. The van der Waals surface area contributed by atoms with Crippen molar-refractivity contribution in [2.24, 2.45) is 0 Å². The van der Waals surface area contributed by atoms with E-state index in [0.29, 0.717) is 23.5 Å². The summed E-state index contributed by atoms with van der Waals surface area (Å²) in [6, 6.07) is 14.1. The van der Waals surface area contributed by atoms with E-state index < -0.39 is 0 Å². The van der Waals surface area contributed by atoms with Gasteiger partial charge in [-0.25, -0.2) is 0 Å². The van der Waals surface area contributed by atoms with E-state index in [9.17, 15) is 4.79 Å². The number of aromatic nitrogens is 4. The van der Waals surface area contributed by atoms with Crippen LogP contribution in [0.4, 0.5) is 0 Å². The van der Waals surface area contributed by atoms with Crippen molar-refractivity contribution >= 4 is 17.5 Å². The van der Waals surface area contributed by atoms with Crippen molar-refractivity contribution in [1.29, 1.82) is 0 Å². The van der Waals surface area contributed by atoms with Gasteiger partial charge in [0.1, 0.15) is 11.5 Å². The van der Waals surface area contributed by atoms with Crippen molar-refractivity contribution in [3.05, 3.63) is 71.4 Å². The van der Waals surface area contributed by atoms with Crippen molar-refractivity contribution in [2.75, 3.05) is 12.9 Å². The van der Waals surface area contributed by atoms with Gasteiger partial charge < -0.3 is 13.7 Å². The smallest absolute Gasteiger partial charge is 0.192 e. The van der Waals surface area contributed by atoms with E-state index in [4.69, 9.17) is 9.15 Å². The second-order valence-corrected chi connectivity index (χ2v) is 9.24. The Morgan fingerprint density at radius 2 is 1.97 bits per heavy atom. The van der Waals surface area contributed by atoms with Gasteiger partial charge in [0.25, 0.3) is 0 Å². The quantitative estimate of drug-likeness (QED) is 0.247. The molecule has 5 rings (SSSR count). The molecule has 1 aliphatic rings. The normalized spacial score (nSPS) is 13.4. The van der Waals surface area contributed by atoms with Crippen LogP contribution in [0.25, 0.3) is 11.4 Å². The highest BCUT2D eigenvalue weighted by molar-refractivity contribution is 7.99. The maximum absolute atomic E-state index is 13.1. The second-order valence-electron chi connectivity index (χ2n) is 8.30. The van der Waals surface area contributed by atoms with Crippen LogP contribution in [-0.4, -0.2) is 38.0 Å².